The summed E-state index contributed by atoms with van der Waals surface area (Å²) in [5.41, 5.74) is -0.384. The molecule has 1 aliphatic carbocycles. The van der Waals surface area contributed by atoms with E-state index in [0.29, 0.717) is 5.71 Å². The summed E-state index contributed by atoms with van der Waals surface area (Å²) >= 11 is 1.53. The van der Waals surface area contributed by atoms with Gasteiger partial charge in [0.1, 0.15) is 11.8 Å². The van der Waals surface area contributed by atoms with E-state index in [-0.39, 0.29) is 0 Å². The Labute approximate surface area is 103 Å². The number of rotatable bonds is 0. The molecule has 0 saturated heterocycles. The maximum absolute atomic E-state index is 10.2. The van der Waals surface area contributed by atoms with E-state index in [4.69, 9.17) is 5.26 Å². The van der Waals surface area contributed by atoms with Crippen molar-refractivity contribution in [3.05, 3.63) is 47.4 Å². The maximum Gasteiger partial charge on any atom is 0.214 e. The highest BCUT2D eigenvalue weighted by atomic mass is 32.2. The monoisotopic (exact) mass is 240 g/mol. The molecular formula is C13H8N2OS. The number of thioether (sulfide) groups is 1. The molecule has 0 aromatic heterocycles. The SMILES string of the molecule is N#CC1(O)C=CC=C2Sc3ccccc3N=C21. The standard InChI is InChI=1S/C13H8N2OS/c14-8-13(16)7-3-6-11-12(13)15-9-4-1-2-5-10(9)17-11/h1-7,16H. The molecule has 82 valence electrons. The van der Waals surface area contributed by atoms with Crippen molar-refractivity contribution in [1.82, 2.24) is 0 Å². The molecular weight excluding hydrogens is 232 g/mol. The van der Waals surface area contributed by atoms with Crippen LogP contribution >= 0.6 is 11.8 Å². The molecule has 2 aliphatic rings. The molecule has 0 fully saturated rings. The second-order valence-electron chi connectivity index (χ2n) is 3.80. The molecule has 1 aromatic rings. The quantitative estimate of drug-likeness (QED) is 0.709. The molecule has 1 N–H and O–H groups in total. The summed E-state index contributed by atoms with van der Waals surface area (Å²) in [6.45, 7) is 0. The van der Waals surface area contributed by atoms with Crippen LogP contribution in [0.4, 0.5) is 5.69 Å². The second-order valence-corrected chi connectivity index (χ2v) is 4.88. The van der Waals surface area contributed by atoms with Gasteiger partial charge in [-0.2, -0.15) is 5.26 Å². The van der Waals surface area contributed by atoms with Gasteiger partial charge >= 0.3 is 0 Å². The number of allylic oxidation sites excluding steroid dienone is 2. The molecule has 3 rings (SSSR count). The first kappa shape index (κ1) is 10.3. The van der Waals surface area contributed by atoms with Gasteiger partial charge in [-0.25, -0.2) is 4.99 Å². The van der Waals surface area contributed by atoms with Gasteiger partial charge in [-0.1, -0.05) is 30.0 Å². The number of aliphatic imine (C=N–C) groups is 1. The van der Waals surface area contributed by atoms with Crippen molar-refractivity contribution in [3.8, 4) is 6.07 Å². The normalized spacial score (nSPS) is 25.2. The Kier molecular flexibility index (Phi) is 2.18. The lowest BCUT2D eigenvalue weighted by Gasteiger charge is -2.27. The fourth-order valence-electron chi connectivity index (χ4n) is 1.81. The largest absolute Gasteiger partial charge is 0.367 e. The van der Waals surface area contributed by atoms with Crippen LogP contribution in [-0.2, 0) is 0 Å². The van der Waals surface area contributed by atoms with Gasteiger partial charge in [-0.3, -0.25) is 0 Å². The molecule has 0 amide bonds. The van der Waals surface area contributed by atoms with E-state index in [0.717, 1.165) is 15.5 Å². The summed E-state index contributed by atoms with van der Waals surface area (Å²) in [6.07, 6.45) is 5.02. The van der Waals surface area contributed by atoms with Crippen molar-refractivity contribution in [1.29, 1.82) is 5.26 Å². The predicted octanol–water partition coefficient (Wildman–Crippen LogP) is 2.57. The molecule has 4 heteroatoms. The fraction of sp³-hybridized carbons (Fsp3) is 0.0769. The Morgan fingerprint density at radius 3 is 3.00 bits per heavy atom. The van der Waals surface area contributed by atoms with E-state index < -0.39 is 5.60 Å². The molecule has 17 heavy (non-hydrogen) atoms. The van der Waals surface area contributed by atoms with Gasteiger partial charge in [-0.05, 0) is 24.3 Å². The number of nitriles is 1. The zero-order valence-corrected chi connectivity index (χ0v) is 9.61. The predicted molar refractivity (Wildman–Crippen MR) is 67.2 cm³/mol. The number of para-hydroxylation sites is 1. The van der Waals surface area contributed by atoms with Crippen LogP contribution < -0.4 is 0 Å². The van der Waals surface area contributed by atoms with Gasteiger partial charge in [0.2, 0.25) is 5.60 Å². The van der Waals surface area contributed by atoms with Crippen LogP contribution in [0.2, 0.25) is 0 Å². The van der Waals surface area contributed by atoms with E-state index in [1.807, 2.05) is 36.4 Å². The van der Waals surface area contributed by atoms with E-state index in [9.17, 15) is 5.11 Å². The molecule has 0 bridgehead atoms. The van der Waals surface area contributed by atoms with Crippen molar-refractivity contribution in [2.24, 2.45) is 4.99 Å². The van der Waals surface area contributed by atoms with Crippen LogP contribution in [0.1, 0.15) is 0 Å². The number of fused-ring (bicyclic) bond motifs is 2. The molecule has 0 saturated carbocycles. The third kappa shape index (κ3) is 1.52. The lowest BCUT2D eigenvalue weighted by atomic mass is 9.94. The zero-order valence-electron chi connectivity index (χ0n) is 8.79. The number of hydrogen-bond donors (Lipinski definition) is 1. The minimum atomic E-state index is -1.61. The average Bonchev–Trinajstić information content (AvgIpc) is 2.37. The molecule has 1 atom stereocenters. The smallest absolute Gasteiger partial charge is 0.214 e. The minimum Gasteiger partial charge on any atom is -0.367 e. The number of benzene rings is 1. The van der Waals surface area contributed by atoms with Gasteiger partial charge in [0.05, 0.1) is 5.69 Å². The highest BCUT2D eigenvalue weighted by molar-refractivity contribution is 8.04. The summed E-state index contributed by atoms with van der Waals surface area (Å²) < 4.78 is 0. The molecule has 1 heterocycles. The Morgan fingerprint density at radius 2 is 2.18 bits per heavy atom. The molecule has 1 unspecified atom stereocenters. The van der Waals surface area contributed by atoms with Crippen LogP contribution in [0.25, 0.3) is 0 Å². The Bertz CT molecular complexity index is 625. The Hall–Kier alpha value is -1.83. The molecule has 0 spiro atoms. The van der Waals surface area contributed by atoms with Crippen molar-refractivity contribution in [2.75, 3.05) is 0 Å². The number of nitrogens with zero attached hydrogens (tertiary/aromatic N) is 2. The maximum atomic E-state index is 10.2. The fourth-order valence-corrected chi connectivity index (χ4v) is 2.85. The molecule has 3 nitrogen and oxygen atoms in total. The Balaban J connectivity index is 2.21. The zero-order chi connectivity index (χ0) is 11.9. The Morgan fingerprint density at radius 1 is 1.35 bits per heavy atom. The summed E-state index contributed by atoms with van der Waals surface area (Å²) in [7, 11) is 0. The lowest BCUT2D eigenvalue weighted by molar-refractivity contribution is 0.221. The van der Waals surface area contributed by atoms with Crippen LogP contribution in [-0.4, -0.2) is 16.4 Å². The van der Waals surface area contributed by atoms with Crippen LogP contribution in [0.15, 0.2) is 57.3 Å². The summed E-state index contributed by atoms with van der Waals surface area (Å²) in [6, 6.07) is 9.59. The minimum absolute atomic E-state index is 0.422. The highest BCUT2D eigenvalue weighted by Gasteiger charge is 2.37. The topological polar surface area (TPSA) is 56.4 Å². The molecule has 1 aromatic carbocycles. The van der Waals surface area contributed by atoms with Gasteiger partial charge in [0.25, 0.3) is 0 Å². The number of hydrogen-bond acceptors (Lipinski definition) is 4. The average molecular weight is 240 g/mol. The van der Waals surface area contributed by atoms with Crippen molar-refractivity contribution in [3.63, 3.8) is 0 Å². The van der Waals surface area contributed by atoms with Gasteiger partial charge in [0.15, 0.2) is 0 Å². The van der Waals surface area contributed by atoms with E-state index >= 15 is 0 Å². The first-order chi connectivity index (χ1) is 8.23. The van der Waals surface area contributed by atoms with Crippen molar-refractivity contribution >= 4 is 23.2 Å². The van der Waals surface area contributed by atoms with Gasteiger partial charge in [0, 0.05) is 9.80 Å². The molecule has 0 radical (unpaired) electrons. The van der Waals surface area contributed by atoms with Gasteiger partial charge < -0.3 is 5.11 Å². The highest BCUT2D eigenvalue weighted by Crippen LogP contribution is 2.43. The van der Waals surface area contributed by atoms with E-state index in [2.05, 4.69) is 4.99 Å². The third-order valence-electron chi connectivity index (χ3n) is 2.67. The number of aliphatic hydroxyl groups is 1. The van der Waals surface area contributed by atoms with E-state index in [1.165, 1.54) is 17.8 Å². The lowest BCUT2D eigenvalue weighted by Crippen LogP contribution is -2.37. The van der Waals surface area contributed by atoms with Crippen molar-refractivity contribution < 1.29 is 5.11 Å². The summed E-state index contributed by atoms with van der Waals surface area (Å²) in [5.74, 6) is 0. The first-order valence-corrected chi connectivity index (χ1v) is 5.94. The van der Waals surface area contributed by atoms with Crippen LogP contribution in [0.3, 0.4) is 0 Å². The third-order valence-corrected chi connectivity index (χ3v) is 3.78. The van der Waals surface area contributed by atoms with Crippen LogP contribution in [0, 0.1) is 11.3 Å². The molecule has 1 aliphatic heterocycles. The van der Waals surface area contributed by atoms with Crippen LogP contribution in [0.5, 0.6) is 0 Å². The van der Waals surface area contributed by atoms with Crippen molar-refractivity contribution in [2.45, 2.75) is 10.5 Å². The summed E-state index contributed by atoms with van der Waals surface area (Å²) in [4.78, 5) is 6.26. The second kappa shape index (κ2) is 3.59. The van der Waals surface area contributed by atoms with E-state index in [1.54, 1.807) is 6.08 Å². The summed E-state index contributed by atoms with van der Waals surface area (Å²) in [5, 5.41) is 19.2. The first-order valence-electron chi connectivity index (χ1n) is 5.12. The van der Waals surface area contributed by atoms with Gasteiger partial charge in [-0.15, -0.1) is 0 Å².